The third kappa shape index (κ3) is 13500. The summed E-state index contributed by atoms with van der Waals surface area (Å²) in [5, 5.41) is 42.7. The number of thiocarbonyl (C=S) groups is 3. The van der Waals surface area contributed by atoms with Crippen LogP contribution in [0.15, 0.2) is 0 Å². The van der Waals surface area contributed by atoms with Crippen LogP contribution < -0.4 is 0 Å². The van der Waals surface area contributed by atoms with Gasteiger partial charge in [0, 0.05) is 0 Å². The molecule has 84 valence electrons. The predicted molar refractivity (Wildman–Crippen MR) is 77.1 cm³/mol. The number of nitrogens with zero attached hydrogens (tertiary/aromatic N) is 5. The Morgan fingerprint density at radius 1 is 0.750 bits per heavy atom. The van der Waals surface area contributed by atoms with E-state index in [1.165, 1.54) is 26.3 Å². The molecule has 0 aliphatic rings. The van der Waals surface area contributed by atoms with Crippen LogP contribution >= 0.6 is 61.9 Å². The van der Waals surface area contributed by atoms with Crippen LogP contribution in [0.3, 0.4) is 0 Å². The molecule has 0 fully saturated rings. The van der Waals surface area contributed by atoms with Gasteiger partial charge in [0.25, 0.3) is 0 Å². The van der Waals surface area contributed by atoms with E-state index in [2.05, 4.69) is 61.9 Å². The molecular weight excluding hydrogens is 345 g/mol. The second-order valence-electron chi connectivity index (χ2n) is 0.474. The fourth-order valence-electron chi connectivity index (χ4n) is 0. The van der Waals surface area contributed by atoms with E-state index < -0.39 is 0 Å². The van der Waals surface area contributed by atoms with Crippen molar-refractivity contribution < 1.29 is 17.1 Å². The molecule has 0 aliphatic carbocycles. The first-order valence-electron chi connectivity index (χ1n) is 2.18. The zero-order chi connectivity index (χ0) is 13.5. The number of nitriles is 2. The summed E-state index contributed by atoms with van der Waals surface area (Å²) < 4.78 is 0. The van der Waals surface area contributed by atoms with Crippen molar-refractivity contribution in [1.29, 1.82) is 10.5 Å². The molecule has 0 saturated carbocycles. The monoisotopic (exact) mass is 347 g/mol. The van der Waals surface area contributed by atoms with Gasteiger partial charge < -0.3 is 16.2 Å². The Morgan fingerprint density at radius 3 is 0.750 bits per heavy atom. The Labute approximate surface area is 131 Å². The summed E-state index contributed by atoms with van der Waals surface area (Å²) in [6.07, 6.45) is 0. The maximum atomic E-state index is 7.18. The van der Waals surface area contributed by atoms with Crippen molar-refractivity contribution in [1.82, 2.24) is 0 Å². The van der Waals surface area contributed by atoms with Gasteiger partial charge in [-0.3, -0.25) is 0 Å². The van der Waals surface area contributed by atoms with Gasteiger partial charge in [0.15, 0.2) is 0 Å². The molecule has 0 aliphatic heterocycles. The smallest absolute Gasteiger partial charge is 0.753 e. The van der Waals surface area contributed by atoms with Gasteiger partial charge in [-0.15, -0.1) is 0 Å². The second kappa shape index (κ2) is 128. The van der Waals surface area contributed by atoms with Crippen LogP contribution in [0, 0.1) is 21.3 Å². The molecule has 0 atom stereocenters. The Morgan fingerprint density at radius 2 is 0.750 bits per heavy atom. The first-order chi connectivity index (χ1) is 7.07. The zero-order valence-corrected chi connectivity index (χ0v) is 12.7. The number of hydrogen-bond acceptors (Lipinski definition) is 7. The Kier molecular flexibility index (Phi) is 288. The first-order valence-corrected chi connectivity index (χ1v) is 4.30. The minimum absolute atomic E-state index is 0. The summed E-state index contributed by atoms with van der Waals surface area (Å²) in [5.41, 5.74) is 0. The molecule has 0 aromatic carbocycles. The minimum Gasteiger partial charge on any atom is -0.753 e. The number of isothiocyanates is 3. The Hall–Kier alpha value is -0.401. The topological polar surface area (TPSA) is 114 Å². The van der Waals surface area contributed by atoms with Crippen LogP contribution in [0.4, 0.5) is 0 Å². The van der Waals surface area contributed by atoms with Crippen molar-refractivity contribution in [3.05, 3.63) is 16.2 Å². The molecule has 0 radical (unpaired) electrons. The van der Waals surface area contributed by atoms with Gasteiger partial charge in [0.2, 0.25) is 0 Å². The van der Waals surface area contributed by atoms with E-state index in [1.807, 2.05) is 0 Å². The number of hydrogen-bond donors (Lipinski definition) is 2. The van der Waals surface area contributed by atoms with Crippen LogP contribution in [0.25, 0.3) is 16.2 Å². The van der Waals surface area contributed by atoms with Gasteiger partial charge in [-0.05, 0) is 0 Å². The minimum atomic E-state index is 0. The molecule has 0 unspecified atom stereocenters. The van der Waals surface area contributed by atoms with E-state index in [0.29, 0.717) is 0 Å². The first kappa shape index (κ1) is 36.1. The summed E-state index contributed by atoms with van der Waals surface area (Å²) in [4.78, 5) is 0. The molecule has 0 amide bonds. The van der Waals surface area contributed by atoms with Gasteiger partial charge in [-0.25, -0.2) is 0 Å². The van der Waals surface area contributed by atoms with Crippen molar-refractivity contribution >= 4 is 77.4 Å². The second-order valence-corrected chi connectivity index (χ2v) is 1.42. The fourth-order valence-corrected chi connectivity index (χ4v) is 0. The van der Waals surface area contributed by atoms with E-state index in [0.717, 1.165) is 0 Å². The quantitative estimate of drug-likeness (QED) is 0.230. The van der Waals surface area contributed by atoms with Gasteiger partial charge in [0.05, 0.1) is 0 Å². The van der Waals surface area contributed by atoms with Crippen molar-refractivity contribution in [2.75, 3.05) is 0 Å². The molecule has 0 N–H and O–H groups in total. The average Bonchev–Trinajstić information content (AvgIpc) is 2.09. The summed E-state index contributed by atoms with van der Waals surface area (Å²) in [6, 6.07) is 0. The van der Waals surface area contributed by atoms with Gasteiger partial charge in [-0.1, -0.05) is 61.9 Å². The van der Waals surface area contributed by atoms with E-state index in [4.69, 9.17) is 26.8 Å². The summed E-state index contributed by atoms with van der Waals surface area (Å²) >= 11 is 17.3. The van der Waals surface area contributed by atoms with Crippen LogP contribution in [-0.4, -0.2) is 15.5 Å². The molecule has 0 saturated heterocycles. The van der Waals surface area contributed by atoms with Crippen LogP contribution in [0.1, 0.15) is 0 Å². The third-order valence-electron chi connectivity index (χ3n) is 0. The standard InChI is InChI=1S/2CHNS.3CNS.Mn/c5*2-1-3;/h2*3H;;;;/q;;3*-1;+3. The maximum absolute atomic E-state index is 7.18. The van der Waals surface area contributed by atoms with Crippen molar-refractivity contribution in [3.63, 3.8) is 0 Å². The Balaban J connectivity index is -0.0000000192. The zero-order valence-electron chi connectivity index (χ0n) is 7.23. The van der Waals surface area contributed by atoms with E-state index in [9.17, 15) is 0 Å². The summed E-state index contributed by atoms with van der Waals surface area (Å²) in [6.45, 7) is 0. The molecule has 11 heteroatoms. The third-order valence-corrected chi connectivity index (χ3v) is 0. The van der Waals surface area contributed by atoms with Crippen LogP contribution in [-0.2, 0) is 17.1 Å². The van der Waals surface area contributed by atoms with Crippen LogP contribution in [0.2, 0.25) is 0 Å². The van der Waals surface area contributed by atoms with E-state index >= 15 is 0 Å². The summed E-state index contributed by atoms with van der Waals surface area (Å²) in [5.74, 6) is 0. The molecule has 0 aromatic heterocycles. The average molecular weight is 347 g/mol. The molecular formula is C5H2MnN5S5. The molecule has 0 rings (SSSR count). The number of thiocyanates is 2. The maximum Gasteiger partial charge on any atom is 3.00 e. The van der Waals surface area contributed by atoms with Crippen molar-refractivity contribution in [2.45, 2.75) is 0 Å². The predicted octanol–water partition coefficient (Wildman–Crippen LogP) is 2.77. The number of thiol groups is 2. The molecule has 0 spiro atoms. The van der Waals surface area contributed by atoms with Crippen molar-refractivity contribution in [3.8, 4) is 10.8 Å². The van der Waals surface area contributed by atoms with E-state index in [1.54, 1.807) is 0 Å². The summed E-state index contributed by atoms with van der Waals surface area (Å²) in [7, 11) is 0. The molecule has 0 aromatic rings. The Bertz CT molecular complexity index is 234. The SMILES string of the molecule is N#CS.N#CS.[Mn+3].[N-]=C=S.[N-]=C=S.[N-]=C=S. The van der Waals surface area contributed by atoms with Crippen LogP contribution in [0.5, 0.6) is 0 Å². The molecule has 16 heavy (non-hydrogen) atoms. The van der Waals surface area contributed by atoms with E-state index in [-0.39, 0.29) is 17.1 Å². The fraction of sp³-hybridized carbons (Fsp3) is 0. The molecule has 0 heterocycles. The van der Waals surface area contributed by atoms with Gasteiger partial charge in [-0.2, -0.15) is 26.0 Å². The van der Waals surface area contributed by atoms with Crippen molar-refractivity contribution in [2.24, 2.45) is 0 Å². The normalized spacial score (nSPS) is 2.50. The molecule has 0 bridgehead atoms. The largest absolute Gasteiger partial charge is 3.00 e. The molecule has 5 nitrogen and oxygen atoms in total. The van der Waals surface area contributed by atoms with Gasteiger partial charge in [0.1, 0.15) is 10.8 Å². The number of rotatable bonds is 0. The van der Waals surface area contributed by atoms with Gasteiger partial charge >= 0.3 is 17.1 Å².